The SMILES string of the molecule is CC/C=C\C/C=C\C/C=C\C/C=C\C/C=C\C/C=C\C/C=C\C/C=C\C/C=C\C/C=C\C/C=C\CCCCCC(=O)OC(COC(=O)CCCCCCCCCCCCCCCCC/C=C\CCCCCCCCCC)COC(OCC[N+](C)(C)C)C(=O)[O-]. The average Bonchev–Trinajstić information content (AvgIpc) is 3.70. The van der Waals surface area contributed by atoms with Crippen molar-refractivity contribution in [2.24, 2.45) is 0 Å². The lowest BCUT2D eigenvalue weighted by molar-refractivity contribution is -0.870. The van der Waals surface area contributed by atoms with Crippen molar-refractivity contribution in [3.05, 3.63) is 146 Å². The molecule has 0 heterocycles. The van der Waals surface area contributed by atoms with Gasteiger partial charge in [-0.2, -0.15) is 0 Å². The van der Waals surface area contributed by atoms with Gasteiger partial charge in [0, 0.05) is 12.8 Å². The Morgan fingerprint density at radius 2 is 0.640 bits per heavy atom. The van der Waals surface area contributed by atoms with Gasteiger partial charge >= 0.3 is 11.9 Å². The zero-order valence-corrected chi connectivity index (χ0v) is 57.8. The molecule has 9 heteroatoms. The van der Waals surface area contributed by atoms with E-state index in [0.717, 1.165) is 109 Å². The van der Waals surface area contributed by atoms with Gasteiger partial charge in [-0.1, -0.05) is 295 Å². The van der Waals surface area contributed by atoms with Gasteiger partial charge in [0.1, 0.15) is 13.2 Å². The third-order valence-electron chi connectivity index (χ3n) is 15.1. The third kappa shape index (κ3) is 70.5. The lowest BCUT2D eigenvalue weighted by atomic mass is 10.0. The quantitative estimate of drug-likeness (QED) is 0.0195. The molecule has 9 nitrogen and oxygen atoms in total. The molecule has 0 amide bonds. The molecule has 0 aliphatic carbocycles. The summed E-state index contributed by atoms with van der Waals surface area (Å²) in [5.74, 6) is -2.33. The molecule has 0 saturated heterocycles. The molecule has 0 aromatic rings. The predicted molar refractivity (Wildman–Crippen MR) is 379 cm³/mol. The van der Waals surface area contributed by atoms with E-state index in [4.69, 9.17) is 18.9 Å². The predicted octanol–water partition coefficient (Wildman–Crippen LogP) is 21.4. The van der Waals surface area contributed by atoms with Crippen LogP contribution < -0.4 is 5.11 Å². The molecule has 0 spiro atoms. The summed E-state index contributed by atoms with van der Waals surface area (Å²) < 4.78 is 22.8. The molecule has 0 bridgehead atoms. The van der Waals surface area contributed by atoms with Gasteiger partial charge in [0.05, 0.1) is 40.3 Å². The molecule has 0 N–H and O–H groups in total. The number of carboxylic acid groups (broad SMARTS) is 1. The van der Waals surface area contributed by atoms with Crippen LogP contribution in [0.15, 0.2) is 146 Å². The molecule has 2 atom stereocenters. The van der Waals surface area contributed by atoms with Crippen LogP contribution in [0.4, 0.5) is 0 Å². The van der Waals surface area contributed by atoms with Gasteiger partial charge in [0.25, 0.3) is 0 Å². The molecular weight excluding hydrogens is 1100 g/mol. The van der Waals surface area contributed by atoms with Crippen LogP contribution in [0.2, 0.25) is 0 Å². The van der Waals surface area contributed by atoms with Crippen LogP contribution in [-0.4, -0.2) is 82.3 Å². The molecule has 0 aromatic carbocycles. The number of quaternary nitrogens is 1. The normalized spacial score (nSPS) is 13.6. The summed E-state index contributed by atoms with van der Waals surface area (Å²) in [6, 6.07) is 0. The summed E-state index contributed by atoms with van der Waals surface area (Å²) in [5.41, 5.74) is 0. The maximum atomic E-state index is 12.9. The summed E-state index contributed by atoms with van der Waals surface area (Å²) >= 11 is 0. The number of hydrogen-bond donors (Lipinski definition) is 0. The van der Waals surface area contributed by atoms with Crippen LogP contribution >= 0.6 is 0 Å². The van der Waals surface area contributed by atoms with Gasteiger partial charge in [-0.3, -0.25) is 9.59 Å². The van der Waals surface area contributed by atoms with Gasteiger partial charge < -0.3 is 33.3 Å². The number of unbranched alkanes of at least 4 members (excludes halogenated alkanes) is 26. The molecule has 89 heavy (non-hydrogen) atoms. The topological polar surface area (TPSA) is 111 Å². The molecular formula is C80H133NO8. The zero-order valence-electron chi connectivity index (χ0n) is 57.8. The molecule has 0 aliphatic heterocycles. The molecule has 0 fully saturated rings. The highest BCUT2D eigenvalue weighted by Gasteiger charge is 2.22. The number of aliphatic carboxylic acids is 1. The Labute approximate surface area is 547 Å². The van der Waals surface area contributed by atoms with Crippen molar-refractivity contribution in [2.45, 2.75) is 296 Å². The highest BCUT2D eigenvalue weighted by Crippen LogP contribution is 2.16. The minimum atomic E-state index is -1.64. The first-order valence-corrected chi connectivity index (χ1v) is 36.0. The Bertz CT molecular complexity index is 1970. The van der Waals surface area contributed by atoms with E-state index in [2.05, 4.69) is 160 Å². The summed E-state index contributed by atoms with van der Waals surface area (Å²) in [7, 11) is 5.91. The van der Waals surface area contributed by atoms with Gasteiger partial charge in [-0.15, -0.1) is 0 Å². The number of allylic oxidation sites excluding steroid dienone is 24. The van der Waals surface area contributed by atoms with Crippen molar-refractivity contribution in [3.8, 4) is 0 Å². The number of likely N-dealkylation sites (N-methyl/N-ethyl adjacent to an activating group) is 1. The summed E-state index contributed by atoms with van der Waals surface area (Å²) in [4.78, 5) is 37.5. The minimum absolute atomic E-state index is 0.134. The standard InChI is InChI=1S/C80H133NO8/c1-6-8-10-12-14-16-18-20-22-24-26-28-30-32-34-35-36-37-38-39-40-41-42-43-45-47-49-51-53-55-57-59-61-63-65-67-69-71-78(83)89-76(75-88-80(79(84)85)86-73-72-81(3,4)5)74-87-77(82)70-68-66-64-62-60-58-56-54-52-50-48-46-44-33-31-29-27-25-23-21-19-17-15-13-11-9-7-2/h8,10,14,16,20,22,25-28,32,34,36-37,39-40,42-43,47,49,53,55,59,61,76,80H,6-7,9,11-13,15,17-19,21,23-24,29-31,33,35,38,41,44-46,48,50-52,54,56-58,60,62-75H2,1-5H3/b10-8-,16-14-,22-20-,27-25-,28-26-,34-32-,37-36-,40-39-,43-42-,49-47-,55-53-,61-59-. The first-order valence-electron chi connectivity index (χ1n) is 36.0. The summed E-state index contributed by atoms with van der Waals surface area (Å²) in [5, 5.41) is 11.8. The van der Waals surface area contributed by atoms with E-state index in [9.17, 15) is 19.5 Å². The fourth-order valence-corrected chi connectivity index (χ4v) is 9.60. The van der Waals surface area contributed by atoms with E-state index in [1.54, 1.807) is 0 Å². The van der Waals surface area contributed by atoms with Crippen LogP contribution in [0.1, 0.15) is 284 Å². The lowest BCUT2D eigenvalue weighted by Gasteiger charge is -2.26. The molecule has 0 radical (unpaired) electrons. The number of carbonyl (C=O) groups is 3. The maximum absolute atomic E-state index is 12.9. The fourth-order valence-electron chi connectivity index (χ4n) is 9.60. The van der Waals surface area contributed by atoms with Gasteiger partial charge in [0.15, 0.2) is 12.4 Å². The van der Waals surface area contributed by atoms with Crippen LogP contribution in [-0.2, 0) is 33.3 Å². The third-order valence-corrected chi connectivity index (χ3v) is 15.1. The number of carboxylic acids is 1. The maximum Gasteiger partial charge on any atom is 0.306 e. The van der Waals surface area contributed by atoms with Gasteiger partial charge in [-0.05, 0) is 122 Å². The fraction of sp³-hybridized carbons (Fsp3) is 0.662. The Morgan fingerprint density at radius 1 is 0.348 bits per heavy atom. The molecule has 0 saturated carbocycles. The van der Waals surface area contributed by atoms with E-state index < -0.39 is 24.3 Å². The molecule has 506 valence electrons. The van der Waals surface area contributed by atoms with Crippen molar-refractivity contribution < 1.29 is 42.9 Å². The number of ether oxygens (including phenoxy) is 4. The number of rotatable bonds is 65. The van der Waals surface area contributed by atoms with Gasteiger partial charge in [-0.25, -0.2) is 0 Å². The van der Waals surface area contributed by atoms with Gasteiger partial charge in [0.2, 0.25) is 0 Å². The lowest BCUT2D eigenvalue weighted by Crippen LogP contribution is -2.44. The number of nitrogens with zero attached hydrogens (tertiary/aromatic N) is 1. The van der Waals surface area contributed by atoms with E-state index in [1.807, 2.05) is 21.1 Å². The van der Waals surface area contributed by atoms with Crippen molar-refractivity contribution in [3.63, 3.8) is 0 Å². The zero-order chi connectivity index (χ0) is 64.7. The molecule has 0 rings (SSSR count). The highest BCUT2D eigenvalue weighted by atomic mass is 16.7. The Balaban J connectivity index is 4.23. The van der Waals surface area contributed by atoms with Crippen LogP contribution in [0, 0.1) is 0 Å². The number of hydrogen-bond acceptors (Lipinski definition) is 8. The molecule has 0 aromatic heterocycles. The summed E-state index contributed by atoms with van der Waals surface area (Å²) in [6.07, 6.45) is 97.9. The van der Waals surface area contributed by atoms with E-state index >= 15 is 0 Å². The Hall–Kier alpha value is -4.83. The van der Waals surface area contributed by atoms with Crippen molar-refractivity contribution in [2.75, 3.05) is 47.5 Å². The monoisotopic (exact) mass is 1240 g/mol. The smallest absolute Gasteiger partial charge is 0.306 e. The second kappa shape index (κ2) is 69.1. The van der Waals surface area contributed by atoms with Crippen molar-refractivity contribution in [1.82, 2.24) is 0 Å². The van der Waals surface area contributed by atoms with Crippen molar-refractivity contribution >= 4 is 17.9 Å². The second-order valence-electron chi connectivity index (χ2n) is 24.8. The Morgan fingerprint density at radius 3 is 0.978 bits per heavy atom. The average molecular weight is 1240 g/mol. The molecule has 0 aliphatic rings. The first-order chi connectivity index (χ1) is 43.6. The Kier molecular flexibility index (Phi) is 65.3. The van der Waals surface area contributed by atoms with Crippen LogP contribution in [0.3, 0.4) is 0 Å². The van der Waals surface area contributed by atoms with Crippen LogP contribution in [0.5, 0.6) is 0 Å². The van der Waals surface area contributed by atoms with E-state index in [-0.39, 0.29) is 38.6 Å². The van der Waals surface area contributed by atoms with Crippen molar-refractivity contribution in [1.29, 1.82) is 0 Å². The van der Waals surface area contributed by atoms with Crippen LogP contribution in [0.25, 0.3) is 0 Å². The van der Waals surface area contributed by atoms with E-state index in [1.165, 1.54) is 141 Å². The first kappa shape index (κ1) is 84.2. The largest absolute Gasteiger partial charge is 0.545 e. The second-order valence-corrected chi connectivity index (χ2v) is 24.8. The minimum Gasteiger partial charge on any atom is -0.545 e. The number of carbonyl (C=O) groups excluding carboxylic acids is 3. The highest BCUT2D eigenvalue weighted by molar-refractivity contribution is 5.70. The van der Waals surface area contributed by atoms with E-state index in [0.29, 0.717) is 17.4 Å². The number of esters is 2. The summed E-state index contributed by atoms with van der Waals surface area (Å²) in [6.45, 7) is 4.60. The molecule has 2 unspecified atom stereocenters.